The molecule has 2 aliphatic heterocycles. The minimum absolute atomic E-state index is 0.0465. The van der Waals surface area contributed by atoms with Crippen LogP contribution in [0.4, 0.5) is 23.7 Å². The Labute approximate surface area is 197 Å². The zero-order valence-corrected chi connectivity index (χ0v) is 20.0. The van der Waals surface area contributed by atoms with Gasteiger partial charge in [0.15, 0.2) is 6.04 Å². The van der Waals surface area contributed by atoms with Gasteiger partial charge in [0.1, 0.15) is 5.60 Å². The fraction of sp³-hybridized carbons (Fsp3) is 0.652. The van der Waals surface area contributed by atoms with Gasteiger partial charge in [-0.3, -0.25) is 4.90 Å². The molecule has 0 aromatic heterocycles. The monoisotopic (exact) mass is 487 g/mol. The zero-order chi connectivity index (χ0) is 25.1. The van der Waals surface area contributed by atoms with Crippen molar-refractivity contribution in [2.24, 2.45) is 0 Å². The molecule has 2 saturated heterocycles. The summed E-state index contributed by atoms with van der Waals surface area (Å²) in [5, 5.41) is 0. The van der Waals surface area contributed by atoms with Crippen LogP contribution in [-0.2, 0) is 31.7 Å². The number of carbonyl (C=O) groups excluding carboxylic acids is 2. The van der Waals surface area contributed by atoms with Crippen LogP contribution in [0.1, 0.15) is 31.9 Å². The number of carbonyl (C=O) groups is 2. The van der Waals surface area contributed by atoms with Crippen LogP contribution in [0.3, 0.4) is 0 Å². The molecule has 2 heterocycles. The van der Waals surface area contributed by atoms with Gasteiger partial charge in [0.2, 0.25) is 0 Å². The van der Waals surface area contributed by atoms with E-state index in [1.807, 2.05) is 4.90 Å². The van der Waals surface area contributed by atoms with E-state index in [-0.39, 0.29) is 19.7 Å². The largest absolute Gasteiger partial charge is 0.467 e. The molecular weight excluding hydrogens is 455 g/mol. The van der Waals surface area contributed by atoms with E-state index in [1.165, 1.54) is 7.11 Å². The second-order valence-electron chi connectivity index (χ2n) is 9.44. The fourth-order valence-corrected chi connectivity index (χ4v) is 4.01. The Morgan fingerprint density at radius 3 is 2.32 bits per heavy atom. The van der Waals surface area contributed by atoms with Crippen LogP contribution in [0.2, 0.25) is 0 Å². The summed E-state index contributed by atoms with van der Waals surface area (Å²) in [6, 6.07) is 3.06. The molecule has 0 saturated carbocycles. The second kappa shape index (κ2) is 10.4. The molecule has 190 valence electrons. The Morgan fingerprint density at radius 2 is 1.74 bits per heavy atom. The van der Waals surface area contributed by atoms with E-state index < -0.39 is 35.4 Å². The van der Waals surface area contributed by atoms with Crippen LogP contribution in [0.5, 0.6) is 0 Å². The third-order valence-corrected chi connectivity index (χ3v) is 5.67. The maximum Gasteiger partial charge on any atom is 0.416 e. The fourth-order valence-electron chi connectivity index (χ4n) is 4.01. The lowest BCUT2D eigenvalue weighted by atomic mass is 10.1. The smallest absolute Gasteiger partial charge is 0.416 e. The number of rotatable bonds is 4. The molecule has 34 heavy (non-hydrogen) atoms. The summed E-state index contributed by atoms with van der Waals surface area (Å²) in [7, 11) is 1.24. The highest BCUT2D eigenvalue weighted by molar-refractivity contribution is 5.80. The van der Waals surface area contributed by atoms with Crippen LogP contribution in [0.25, 0.3) is 0 Å². The number of halogens is 3. The number of ether oxygens (including phenoxy) is 3. The molecule has 11 heteroatoms. The Kier molecular flexibility index (Phi) is 7.97. The zero-order valence-electron chi connectivity index (χ0n) is 20.0. The molecule has 0 bridgehead atoms. The topological polar surface area (TPSA) is 71.6 Å². The lowest BCUT2D eigenvalue weighted by molar-refractivity contribution is -0.144. The lowest BCUT2D eigenvalue weighted by Crippen LogP contribution is -2.51. The van der Waals surface area contributed by atoms with Crippen LogP contribution >= 0.6 is 0 Å². The normalized spacial score (nSPS) is 20.3. The molecule has 1 aromatic rings. The summed E-state index contributed by atoms with van der Waals surface area (Å²) in [6.45, 7) is 8.16. The van der Waals surface area contributed by atoms with E-state index in [9.17, 15) is 22.8 Å². The first-order valence-corrected chi connectivity index (χ1v) is 11.2. The average molecular weight is 488 g/mol. The Bertz CT molecular complexity index is 880. The first-order chi connectivity index (χ1) is 15.9. The third-order valence-electron chi connectivity index (χ3n) is 5.67. The Hall–Kier alpha value is -2.53. The van der Waals surface area contributed by atoms with Gasteiger partial charge in [0.05, 0.1) is 25.9 Å². The van der Waals surface area contributed by atoms with Gasteiger partial charge >= 0.3 is 18.2 Å². The summed E-state index contributed by atoms with van der Waals surface area (Å²) >= 11 is 0. The van der Waals surface area contributed by atoms with E-state index in [0.29, 0.717) is 44.0 Å². The van der Waals surface area contributed by atoms with Gasteiger partial charge in [0.25, 0.3) is 0 Å². The summed E-state index contributed by atoms with van der Waals surface area (Å²) in [5.74, 6) is -0.558. The van der Waals surface area contributed by atoms with E-state index in [0.717, 1.165) is 12.1 Å². The summed E-state index contributed by atoms with van der Waals surface area (Å²) in [4.78, 5) is 29.7. The molecule has 1 atom stereocenters. The molecule has 3 rings (SSSR count). The van der Waals surface area contributed by atoms with Crippen LogP contribution in [0, 0.1) is 0 Å². The van der Waals surface area contributed by atoms with Crippen molar-refractivity contribution in [3.63, 3.8) is 0 Å². The number of morpholine rings is 1. The molecule has 2 aliphatic rings. The standard InChI is InChI=1S/C23H32F3N3O5/c1-22(2,3)34-21(31)28-7-5-27(6-8-28)14-16-11-17(23(24,25)26)13-18(12-16)29-9-10-33-15-19(29)20(30)32-4/h11-13,19H,5-10,14-15H2,1-4H3. The predicted octanol–water partition coefficient (Wildman–Crippen LogP) is 3.14. The van der Waals surface area contributed by atoms with Crippen molar-refractivity contribution in [3.8, 4) is 0 Å². The van der Waals surface area contributed by atoms with Gasteiger partial charge in [-0.2, -0.15) is 13.2 Å². The molecule has 1 unspecified atom stereocenters. The molecule has 0 N–H and O–H groups in total. The minimum atomic E-state index is -4.53. The third kappa shape index (κ3) is 6.75. The molecule has 0 radical (unpaired) electrons. The quantitative estimate of drug-likeness (QED) is 0.605. The van der Waals surface area contributed by atoms with Gasteiger partial charge in [0, 0.05) is 45.0 Å². The highest BCUT2D eigenvalue weighted by atomic mass is 19.4. The molecule has 2 fully saturated rings. The van der Waals surface area contributed by atoms with Crippen molar-refractivity contribution in [1.29, 1.82) is 0 Å². The van der Waals surface area contributed by atoms with E-state index >= 15 is 0 Å². The van der Waals surface area contributed by atoms with Gasteiger partial charge in [-0.05, 0) is 44.5 Å². The van der Waals surface area contributed by atoms with E-state index in [4.69, 9.17) is 14.2 Å². The number of benzene rings is 1. The van der Waals surface area contributed by atoms with Crippen molar-refractivity contribution in [2.45, 2.75) is 45.1 Å². The first-order valence-electron chi connectivity index (χ1n) is 11.2. The molecule has 1 aromatic carbocycles. The van der Waals surface area contributed by atoms with E-state index in [1.54, 1.807) is 36.6 Å². The Balaban J connectivity index is 1.76. The number of anilines is 1. The van der Waals surface area contributed by atoms with Crippen molar-refractivity contribution in [3.05, 3.63) is 29.3 Å². The molecule has 0 spiro atoms. The molecular formula is C23H32F3N3O5. The van der Waals surface area contributed by atoms with Gasteiger partial charge < -0.3 is 24.0 Å². The second-order valence-corrected chi connectivity index (χ2v) is 9.44. The van der Waals surface area contributed by atoms with Crippen molar-refractivity contribution < 1.29 is 37.0 Å². The van der Waals surface area contributed by atoms with Crippen molar-refractivity contribution >= 4 is 17.7 Å². The summed E-state index contributed by atoms with van der Waals surface area (Å²) in [6.07, 6.45) is -4.93. The summed E-state index contributed by atoms with van der Waals surface area (Å²) in [5.41, 5.74) is -0.589. The number of amides is 1. The lowest BCUT2D eigenvalue weighted by Gasteiger charge is -2.37. The number of piperazine rings is 1. The van der Waals surface area contributed by atoms with E-state index in [2.05, 4.69) is 0 Å². The highest BCUT2D eigenvalue weighted by Gasteiger charge is 2.35. The SMILES string of the molecule is COC(=O)C1COCCN1c1cc(CN2CCN(C(=O)OC(C)(C)C)CC2)cc(C(F)(F)F)c1. The Morgan fingerprint density at radius 1 is 1.06 bits per heavy atom. The number of alkyl halides is 3. The van der Waals surface area contributed by atoms with Crippen LogP contribution < -0.4 is 4.90 Å². The maximum atomic E-state index is 13.7. The van der Waals surface area contributed by atoms with Crippen LogP contribution in [0.15, 0.2) is 18.2 Å². The number of hydrogen-bond acceptors (Lipinski definition) is 7. The van der Waals surface area contributed by atoms with Gasteiger partial charge in [-0.25, -0.2) is 9.59 Å². The van der Waals surface area contributed by atoms with Gasteiger partial charge in [-0.15, -0.1) is 0 Å². The number of nitrogens with zero attached hydrogens (tertiary/aromatic N) is 3. The first kappa shape index (κ1) is 26.1. The molecule has 0 aliphatic carbocycles. The minimum Gasteiger partial charge on any atom is -0.467 e. The summed E-state index contributed by atoms with van der Waals surface area (Å²) < 4.78 is 56.6. The van der Waals surface area contributed by atoms with Crippen LogP contribution in [-0.4, -0.2) is 86.6 Å². The average Bonchev–Trinajstić information content (AvgIpc) is 2.77. The predicted molar refractivity (Wildman–Crippen MR) is 118 cm³/mol. The van der Waals surface area contributed by atoms with Crippen molar-refractivity contribution in [2.75, 3.05) is 57.9 Å². The van der Waals surface area contributed by atoms with Crippen molar-refractivity contribution in [1.82, 2.24) is 9.80 Å². The highest BCUT2D eigenvalue weighted by Crippen LogP contribution is 2.34. The number of hydrogen-bond donors (Lipinski definition) is 0. The maximum absolute atomic E-state index is 13.7. The number of esters is 1. The molecule has 1 amide bonds. The molecule has 8 nitrogen and oxygen atoms in total. The van der Waals surface area contributed by atoms with Gasteiger partial charge in [-0.1, -0.05) is 0 Å². The number of methoxy groups -OCH3 is 1.